The van der Waals surface area contributed by atoms with Crippen LogP contribution in [0.4, 0.5) is 5.69 Å². The average molecular weight is 343 g/mol. The number of benzene rings is 1. The van der Waals surface area contributed by atoms with Crippen molar-refractivity contribution in [2.24, 2.45) is 0 Å². The zero-order valence-corrected chi connectivity index (χ0v) is 13.4. The second kappa shape index (κ2) is 7.89. The predicted molar refractivity (Wildman–Crippen MR) is 81.6 cm³/mol. The van der Waals surface area contributed by atoms with E-state index in [0.717, 1.165) is 22.1 Å². The molecule has 0 saturated heterocycles. The lowest BCUT2D eigenvalue weighted by Crippen LogP contribution is -2.45. The van der Waals surface area contributed by atoms with Gasteiger partial charge in [-0.25, -0.2) is 4.79 Å². The van der Waals surface area contributed by atoms with Crippen LogP contribution in [0.5, 0.6) is 0 Å². The molecule has 0 saturated carbocycles. The molecular weight excluding hydrogens is 324 g/mol. The third-order valence-corrected chi connectivity index (χ3v) is 3.30. The molecule has 1 amide bonds. The maximum absolute atomic E-state index is 11.6. The minimum Gasteiger partial charge on any atom is -0.467 e. The maximum Gasteiger partial charge on any atom is 0.330 e. The molecule has 0 aliphatic heterocycles. The zero-order valence-electron chi connectivity index (χ0n) is 11.8. The van der Waals surface area contributed by atoms with E-state index in [1.807, 2.05) is 18.2 Å². The summed E-state index contributed by atoms with van der Waals surface area (Å²) in [6, 6.07) is 5.18. The van der Waals surface area contributed by atoms with Crippen LogP contribution in [0.1, 0.15) is 19.4 Å². The van der Waals surface area contributed by atoms with Gasteiger partial charge in [0.25, 0.3) is 0 Å². The first-order valence-electron chi connectivity index (χ1n) is 6.35. The summed E-state index contributed by atoms with van der Waals surface area (Å²) in [4.78, 5) is 22.7. The maximum atomic E-state index is 11.6. The number of hydrogen-bond donors (Lipinski definition) is 2. The average Bonchev–Trinajstić information content (AvgIpc) is 2.42. The molecule has 20 heavy (non-hydrogen) atoms. The van der Waals surface area contributed by atoms with Crippen LogP contribution in [0.2, 0.25) is 0 Å². The Bertz CT molecular complexity index is 491. The number of nitrogens with one attached hydrogen (secondary N) is 2. The number of hydrogen-bond acceptors (Lipinski definition) is 4. The quantitative estimate of drug-likeness (QED) is 0.777. The van der Waals surface area contributed by atoms with Crippen LogP contribution in [0.15, 0.2) is 22.7 Å². The van der Waals surface area contributed by atoms with Gasteiger partial charge in [-0.15, -0.1) is 0 Å². The zero-order chi connectivity index (χ0) is 15.1. The molecule has 0 heterocycles. The largest absolute Gasteiger partial charge is 0.467 e. The van der Waals surface area contributed by atoms with Gasteiger partial charge in [-0.1, -0.05) is 22.9 Å². The summed E-state index contributed by atoms with van der Waals surface area (Å²) < 4.78 is 5.68. The van der Waals surface area contributed by atoms with E-state index in [0.29, 0.717) is 0 Å². The molecular formula is C14H19BrN2O3. The van der Waals surface area contributed by atoms with Gasteiger partial charge >= 0.3 is 5.97 Å². The SMILES string of the molecule is CCc1cc(Br)ccc1NCC(NC(C)=O)C(=O)OC. The van der Waals surface area contributed by atoms with Crippen LogP contribution in [-0.4, -0.2) is 31.6 Å². The first-order chi connectivity index (χ1) is 9.47. The monoisotopic (exact) mass is 342 g/mol. The standard InChI is InChI=1S/C14H19BrN2O3/c1-4-10-7-11(15)5-6-12(10)16-8-13(14(19)20-3)17-9(2)18/h5-7,13,16H,4,8H2,1-3H3,(H,17,18). The number of amides is 1. The number of aryl methyl sites for hydroxylation is 1. The van der Waals surface area contributed by atoms with Crippen molar-refractivity contribution >= 4 is 33.5 Å². The highest BCUT2D eigenvalue weighted by atomic mass is 79.9. The Morgan fingerprint density at radius 1 is 1.40 bits per heavy atom. The summed E-state index contributed by atoms with van der Waals surface area (Å²) in [7, 11) is 1.30. The number of anilines is 1. The molecule has 1 atom stereocenters. The van der Waals surface area contributed by atoms with Crippen molar-refractivity contribution in [1.29, 1.82) is 0 Å². The fourth-order valence-electron chi connectivity index (χ4n) is 1.82. The topological polar surface area (TPSA) is 67.4 Å². The van der Waals surface area contributed by atoms with Gasteiger partial charge in [0.05, 0.1) is 7.11 Å². The number of ether oxygens (including phenoxy) is 1. The molecule has 0 bridgehead atoms. The van der Waals surface area contributed by atoms with Gasteiger partial charge in [0.2, 0.25) is 5.91 Å². The third-order valence-electron chi connectivity index (χ3n) is 2.81. The van der Waals surface area contributed by atoms with Gasteiger partial charge < -0.3 is 15.4 Å². The summed E-state index contributed by atoms with van der Waals surface area (Å²) in [6.07, 6.45) is 0.866. The first kappa shape index (κ1) is 16.5. The molecule has 5 nitrogen and oxygen atoms in total. The van der Waals surface area contributed by atoms with Crippen molar-refractivity contribution in [3.05, 3.63) is 28.2 Å². The summed E-state index contributed by atoms with van der Waals surface area (Å²) in [5.74, 6) is -0.739. The second-order valence-corrected chi connectivity index (χ2v) is 5.23. The third kappa shape index (κ3) is 4.85. The predicted octanol–water partition coefficient (Wildman–Crippen LogP) is 2.10. The molecule has 1 unspecified atom stereocenters. The summed E-state index contributed by atoms with van der Waals surface area (Å²) in [5.41, 5.74) is 2.07. The van der Waals surface area contributed by atoms with Gasteiger partial charge in [0.15, 0.2) is 0 Å². The van der Waals surface area contributed by atoms with Crippen LogP contribution >= 0.6 is 15.9 Å². The summed E-state index contributed by atoms with van der Waals surface area (Å²) in [5, 5.41) is 5.74. The molecule has 2 N–H and O–H groups in total. The molecule has 1 rings (SSSR count). The van der Waals surface area contributed by atoms with Crippen molar-refractivity contribution in [1.82, 2.24) is 5.32 Å². The van der Waals surface area contributed by atoms with Crippen molar-refractivity contribution in [3.8, 4) is 0 Å². The van der Waals surface area contributed by atoms with Crippen molar-refractivity contribution in [2.75, 3.05) is 19.0 Å². The minimum atomic E-state index is -0.703. The number of halogens is 1. The van der Waals surface area contributed by atoms with E-state index in [2.05, 4.69) is 38.2 Å². The first-order valence-corrected chi connectivity index (χ1v) is 7.14. The molecule has 0 aliphatic carbocycles. The van der Waals surface area contributed by atoms with Gasteiger partial charge in [-0.3, -0.25) is 4.79 Å². The van der Waals surface area contributed by atoms with Crippen LogP contribution in [0.3, 0.4) is 0 Å². The van der Waals surface area contributed by atoms with Crippen LogP contribution in [0.25, 0.3) is 0 Å². The smallest absolute Gasteiger partial charge is 0.330 e. The normalized spacial score (nSPS) is 11.6. The highest BCUT2D eigenvalue weighted by Crippen LogP contribution is 2.21. The Balaban J connectivity index is 2.76. The highest BCUT2D eigenvalue weighted by Gasteiger charge is 2.20. The van der Waals surface area contributed by atoms with E-state index in [1.165, 1.54) is 14.0 Å². The second-order valence-electron chi connectivity index (χ2n) is 4.31. The molecule has 0 spiro atoms. The Hall–Kier alpha value is -1.56. The van der Waals surface area contributed by atoms with Crippen LogP contribution in [-0.2, 0) is 20.7 Å². The molecule has 110 valence electrons. The van der Waals surface area contributed by atoms with E-state index in [-0.39, 0.29) is 12.5 Å². The molecule has 0 radical (unpaired) electrons. The van der Waals surface area contributed by atoms with Gasteiger partial charge in [0.1, 0.15) is 6.04 Å². The Morgan fingerprint density at radius 2 is 2.10 bits per heavy atom. The number of esters is 1. The molecule has 1 aromatic carbocycles. The Morgan fingerprint density at radius 3 is 2.65 bits per heavy atom. The van der Waals surface area contributed by atoms with Gasteiger partial charge in [-0.05, 0) is 30.2 Å². The summed E-state index contributed by atoms with van der Waals surface area (Å²) >= 11 is 3.43. The van der Waals surface area contributed by atoms with Crippen LogP contribution in [0, 0.1) is 0 Å². The molecule has 6 heteroatoms. The number of carbonyl (C=O) groups excluding carboxylic acids is 2. The number of methoxy groups -OCH3 is 1. The minimum absolute atomic E-state index is 0.270. The summed E-state index contributed by atoms with van der Waals surface area (Å²) in [6.45, 7) is 3.70. The van der Waals surface area contributed by atoms with Crippen molar-refractivity contribution in [2.45, 2.75) is 26.3 Å². The number of rotatable bonds is 6. The van der Waals surface area contributed by atoms with Crippen LogP contribution < -0.4 is 10.6 Å². The van der Waals surface area contributed by atoms with E-state index in [4.69, 9.17) is 0 Å². The number of carbonyl (C=O) groups is 2. The lowest BCUT2D eigenvalue weighted by atomic mass is 10.1. The van der Waals surface area contributed by atoms with Crippen molar-refractivity contribution < 1.29 is 14.3 Å². The molecule has 0 aliphatic rings. The van der Waals surface area contributed by atoms with Gasteiger partial charge in [-0.2, -0.15) is 0 Å². The van der Waals surface area contributed by atoms with Crippen molar-refractivity contribution in [3.63, 3.8) is 0 Å². The van der Waals surface area contributed by atoms with Gasteiger partial charge in [0, 0.05) is 23.6 Å². The van der Waals surface area contributed by atoms with E-state index < -0.39 is 12.0 Å². The van der Waals surface area contributed by atoms with E-state index in [9.17, 15) is 9.59 Å². The highest BCUT2D eigenvalue weighted by molar-refractivity contribution is 9.10. The van der Waals surface area contributed by atoms with E-state index >= 15 is 0 Å². The lowest BCUT2D eigenvalue weighted by molar-refractivity contribution is -0.144. The molecule has 0 aromatic heterocycles. The van der Waals surface area contributed by atoms with E-state index in [1.54, 1.807) is 0 Å². The lowest BCUT2D eigenvalue weighted by Gasteiger charge is -2.18. The Labute approximate surface area is 127 Å². The fraction of sp³-hybridized carbons (Fsp3) is 0.429. The Kier molecular flexibility index (Phi) is 6.51. The molecule has 1 aromatic rings. The fourth-order valence-corrected chi connectivity index (χ4v) is 2.23. The molecule has 0 fully saturated rings.